The molecule has 0 bridgehead atoms. The number of nitrogens with two attached hydrogens (primary N) is 1. The number of carbonyl (C=O) groups excluding carboxylic acids is 1. The molecule has 0 saturated carbocycles. The van der Waals surface area contributed by atoms with Crippen LogP contribution in [0.4, 0.5) is 14.5 Å². The molecule has 5 heteroatoms. The highest BCUT2D eigenvalue weighted by molar-refractivity contribution is 6.16. The normalized spacial score (nSPS) is 11.0. The predicted molar refractivity (Wildman–Crippen MR) is 77.2 cm³/mol. The van der Waals surface area contributed by atoms with Crippen LogP contribution in [-0.4, -0.2) is 10.8 Å². The summed E-state index contributed by atoms with van der Waals surface area (Å²) in [4.78, 5) is 15.3. The zero-order valence-electron chi connectivity index (χ0n) is 11.2. The number of aryl methyl sites for hydroxylation is 1. The molecule has 0 aliphatic heterocycles. The third-order valence-corrected chi connectivity index (χ3v) is 3.41. The van der Waals surface area contributed by atoms with Gasteiger partial charge in [-0.05, 0) is 42.8 Å². The van der Waals surface area contributed by atoms with E-state index in [1.54, 1.807) is 6.92 Å². The van der Waals surface area contributed by atoms with Gasteiger partial charge in [-0.2, -0.15) is 0 Å². The fourth-order valence-corrected chi connectivity index (χ4v) is 2.39. The van der Waals surface area contributed by atoms with E-state index in [1.807, 2.05) is 0 Å². The average molecular weight is 286 g/mol. The van der Waals surface area contributed by atoms with Gasteiger partial charge in [0, 0.05) is 28.4 Å². The van der Waals surface area contributed by atoms with Crippen molar-refractivity contribution >= 4 is 22.4 Å². The number of carbonyl (C=O) groups is 1. The quantitative estimate of drug-likeness (QED) is 0.559. The first-order chi connectivity index (χ1) is 9.97. The van der Waals surface area contributed by atoms with Crippen molar-refractivity contribution in [1.29, 1.82) is 0 Å². The number of nitrogens with one attached hydrogen (secondary N) is 1. The third kappa shape index (κ3) is 2.16. The molecular formula is C16H12F2N2O. The van der Waals surface area contributed by atoms with Crippen LogP contribution in [0.2, 0.25) is 0 Å². The molecule has 1 heterocycles. The van der Waals surface area contributed by atoms with Gasteiger partial charge in [0.2, 0.25) is 0 Å². The van der Waals surface area contributed by atoms with Crippen LogP contribution in [0, 0.1) is 18.6 Å². The van der Waals surface area contributed by atoms with E-state index in [9.17, 15) is 13.6 Å². The molecule has 3 aromatic rings. The highest BCUT2D eigenvalue weighted by atomic mass is 19.1. The van der Waals surface area contributed by atoms with Crippen molar-refractivity contribution in [2.45, 2.75) is 6.92 Å². The van der Waals surface area contributed by atoms with Gasteiger partial charge in [0.15, 0.2) is 5.78 Å². The first-order valence-electron chi connectivity index (χ1n) is 6.34. The van der Waals surface area contributed by atoms with Crippen LogP contribution in [0.3, 0.4) is 0 Å². The number of hydrogen-bond donors (Lipinski definition) is 2. The molecule has 21 heavy (non-hydrogen) atoms. The van der Waals surface area contributed by atoms with Crippen molar-refractivity contribution < 1.29 is 13.6 Å². The first-order valence-corrected chi connectivity index (χ1v) is 6.34. The fourth-order valence-electron chi connectivity index (χ4n) is 2.39. The second-order valence-electron chi connectivity index (χ2n) is 4.92. The zero-order valence-corrected chi connectivity index (χ0v) is 11.2. The van der Waals surface area contributed by atoms with Gasteiger partial charge in [0.05, 0.1) is 5.56 Å². The van der Waals surface area contributed by atoms with Gasteiger partial charge in [0.25, 0.3) is 0 Å². The summed E-state index contributed by atoms with van der Waals surface area (Å²) in [6.45, 7) is 1.55. The molecule has 0 aliphatic rings. The number of benzene rings is 2. The first kappa shape index (κ1) is 13.3. The van der Waals surface area contributed by atoms with Crippen LogP contribution in [0.5, 0.6) is 0 Å². The largest absolute Gasteiger partial charge is 0.399 e. The SMILES string of the molecule is Cc1cc(N)cc(C(=O)c2c[nH]c3cc(F)ccc23)c1F. The zero-order chi connectivity index (χ0) is 15.1. The van der Waals surface area contributed by atoms with Gasteiger partial charge in [-0.1, -0.05) is 0 Å². The summed E-state index contributed by atoms with van der Waals surface area (Å²) in [5, 5.41) is 0.542. The lowest BCUT2D eigenvalue weighted by Crippen LogP contribution is -2.06. The number of fused-ring (bicyclic) bond motifs is 1. The van der Waals surface area contributed by atoms with Gasteiger partial charge in [-0.25, -0.2) is 8.78 Å². The molecule has 3 N–H and O–H groups in total. The summed E-state index contributed by atoms with van der Waals surface area (Å²) in [6.07, 6.45) is 1.45. The standard InChI is InChI=1S/C16H12F2N2O/c1-8-4-10(19)6-12(15(8)18)16(21)13-7-20-14-5-9(17)2-3-11(13)14/h2-7,20H,19H2,1H3. The lowest BCUT2D eigenvalue weighted by molar-refractivity contribution is 0.103. The Morgan fingerprint density at radius 3 is 2.67 bits per heavy atom. The van der Waals surface area contributed by atoms with E-state index in [-0.39, 0.29) is 11.1 Å². The molecule has 106 valence electrons. The predicted octanol–water partition coefficient (Wildman–Crippen LogP) is 3.57. The van der Waals surface area contributed by atoms with Gasteiger partial charge in [-0.15, -0.1) is 0 Å². The Kier molecular flexibility index (Phi) is 2.97. The Hall–Kier alpha value is -2.69. The minimum atomic E-state index is -0.592. The van der Waals surface area contributed by atoms with Crippen LogP contribution in [0.25, 0.3) is 10.9 Å². The Morgan fingerprint density at radius 1 is 1.14 bits per heavy atom. The summed E-state index contributed by atoms with van der Waals surface area (Å²) >= 11 is 0. The number of aromatic amines is 1. The highest BCUT2D eigenvalue weighted by Gasteiger charge is 2.19. The molecule has 1 aromatic heterocycles. The molecule has 3 rings (SSSR count). The van der Waals surface area contributed by atoms with Gasteiger partial charge in [-0.3, -0.25) is 4.79 Å². The van der Waals surface area contributed by atoms with Crippen LogP contribution in [-0.2, 0) is 0 Å². The summed E-state index contributed by atoms with van der Waals surface area (Å²) < 4.78 is 27.3. The van der Waals surface area contributed by atoms with E-state index >= 15 is 0 Å². The Balaban J connectivity index is 2.17. The van der Waals surface area contributed by atoms with Gasteiger partial charge in [0.1, 0.15) is 11.6 Å². The minimum Gasteiger partial charge on any atom is -0.399 e. The van der Waals surface area contributed by atoms with E-state index < -0.39 is 17.4 Å². The molecule has 0 atom stereocenters. The Morgan fingerprint density at radius 2 is 1.90 bits per heavy atom. The van der Waals surface area contributed by atoms with E-state index in [0.717, 1.165) is 0 Å². The molecule has 0 aliphatic carbocycles. The molecule has 2 aromatic carbocycles. The molecule has 3 nitrogen and oxygen atoms in total. The number of halogens is 2. The number of rotatable bonds is 2. The second kappa shape index (κ2) is 4.70. The highest BCUT2D eigenvalue weighted by Crippen LogP contribution is 2.25. The van der Waals surface area contributed by atoms with Crippen molar-refractivity contribution in [1.82, 2.24) is 4.98 Å². The monoisotopic (exact) mass is 286 g/mol. The van der Waals surface area contributed by atoms with Crippen LogP contribution in [0.15, 0.2) is 36.5 Å². The molecule has 0 radical (unpaired) electrons. The topological polar surface area (TPSA) is 58.9 Å². The number of H-pyrrole nitrogens is 1. The van der Waals surface area contributed by atoms with Crippen LogP contribution >= 0.6 is 0 Å². The van der Waals surface area contributed by atoms with Gasteiger partial charge < -0.3 is 10.7 Å². The van der Waals surface area contributed by atoms with E-state index in [0.29, 0.717) is 22.2 Å². The average Bonchev–Trinajstić information content (AvgIpc) is 2.84. The number of aromatic nitrogens is 1. The molecule has 0 unspecified atom stereocenters. The Bertz CT molecular complexity index is 868. The van der Waals surface area contributed by atoms with Crippen molar-refractivity contribution in [3.8, 4) is 0 Å². The Labute approximate surface area is 119 Å². The van der Waals surface area contributed by atoms with Crippen molar-refractivity contribution in [3.05, 3.63) is 64.9 Å². The maximum Gasteiger partial charge on any atom is 0.198 e. The summed E-state index contributed by atoms with van der Waals surface area (Å²) in [5.41, 5.74) is 6.99. The molecule has 0 fully saturated rings. The fraction of sp³-hybridized carbons (Fsp3) is 0.0625. The van der Waals surface area contributed by atoms with E-state index in [4.69, 9.17) is 5.73 Å². The van der Waals surface area contributed by atoms with E-state index in [2.05, 4.69) is 4.98 Å². The van der Waals surface area contributed by atoms with Crippen LogP contribution in [0.1, 0.15) is 21.5 Å². The van der Waals surface area contributed by atoms with Crippen molar-refractivity contribution in [2.24, 2.45) is 0 Å². The smallest absolute Gasteiger partial charge is 0.198 e. The summed E-state index contributed by atoms with van der Waals surface area (Å²) in [6, 6.07) is 6.82. The lowest BCUT2D eigenvalue weighted by atomic mass is 9.99. The molecule has 0 spiro atoms. The lowest BCUT2D eigenvalue weighted by Gasteiger charge is -2.06. The third-order valence-electron chi connectivity index (χ3n) is 3.41. The number of anilines is 1. The molecule has 0 amide bonds. The van der Waals surface area contributed by atoms with Crippen LogP contribution < -0.4 is 5.73 Å². The van der Waals surface area contributed by atoms with Crippen molar-refractivity contribution in [2.75, 3.05) is 5.73 Å². The summed E-state index contributed by atoms with van der Waals surface area (Å²) in [7, 11) is 0. The minimum absolute atomic E-state index is 0.0854. The maximum atomic E-state index is 14.1. The number of nitrogen functional groups attached to an aromatic ring is 1. The second-order valence-corrected chi connectivity index (χ2v) is 4.92. The maximum absolute atomic E-state index is 14.1. The molecular weight excluding hydrogens is 274 g/mol. The van der Waals surface area contributed by atoms with Gasteiger partial charge >= 0.3 is 0 Å². The summed E-state index contributed by atoms with van der Waals surface area (Å²) in [5.74, 6) is -1.49. The number of hydrogen-bond acceptors (Lipinski definition) is 2. The van der Waals surface area contributed by atoms with Crippen molar-refractivity contribution in [3.63, 3.8) is 0 Å². The van der Waals surface area contributed by atoms with E-state index in [1.165, 1.54) is 36.5 Å². The number of ketones is 1. The molecule has 0 saturated heterocycles.